The number of hydrogen-bond donors (Lipinski definition) is 1. The van der Waals surface area contributed by atoms with Gasteiger partial charge >= 0.3 is 0 Å². The van der Waals surface area contributed by atoms with Crippen LogP contribution in [-0.4, -0.2) is 16.1 Å². The molecule has 6 heteroatoms. The summed E-state index contributed by atoms with van der Waals surface area (Å²) in [5, 5.41) is 11.5. The zero-order valence-electron chi connectivity index (χ0n) is 12.3. The zero-order valence-corrected chi connectivity index (χ0v) is 13.9. The fourth-order valence-electron chi connectivity index (χ4n) is 1.98. The molecule has 0 spiro atoms. The molecule has 1 N–H and O–H groups in total. The number of nitrogens with one attached hydrogen (secondary N) is 1. The Labute approximate surface area is 143 Å². The topological polar surface area (TPSA) is 54.9 Å². The Morgan fingerprint density at radius 2 is 1.61 bits per heavy atom. The highest BCUT2D eigenvalue weighted by Crippen LogP contribution is 2.28. The van der Waals surface area contributed by atoms with Crippen LogP contribution in [0.1, 0.15) is 11.1 Å². The van der Waals surface area contributed by atoms with Gasteiger partial charge in [0, 0.05) is 5.75 Å². The molecule has 3 aromatic rings. The molecule has 1 heterocycles. The normalized spacial score (nSPS) is 10.4. The van der Waals surface area contributed by atoms with Crippen LogP contribution in [0.3, 0.4) is 0 Å². The van der Waals surface area contributed by atoms with E-state index in [1.807, 2.05) is 48.5 Å². The van der Waals surface area contributed by atoms with Crippen molar-refractivity contribution < 1.29 is 4.79 Å². The van der Waals surface area contributed by atoms with Crippen molar-refractivity contribution in [3.8, 4) is 0 Å². The van der Waals surface area contributed by atoms with E-state index in [4.69, 9.17) is 0 Å². The van der Waals surface area contributed by atoms with Gasteiger partial charge in [0.15, 0.2) is 4.34 Å². The molecule has 2 aromatic carbocycles. The van der Waals surface area contributed by atoms with Crippen LogP contribution >= 0.6 is 23.1 Å². The average Bonchev–Trinajstić information content (AvgIpc) is 3.02. The number of carbonyl (C=O) groups excluding carboxylic acids is 1. The number of benzene rings is 2. The van der Waals surface area contributed by atoms with Gasteiger partial charge in [-0.2, -0.15) is 0 Å². The minimum Gasteiger partial charge on any atom is -0.300 e. The van der Waals surface area contributed by atoms with Crippen LogP contribution < -0.4 is 5.32 Å². The van der Waals surface area contributed by atoms with Gasteiger partial charge in [-0.15, -0.1) is 10.2 Å². The summed E-state index contributed by atoms with van der Waals surface area (Å²) in [6.07, 6.45) is 0.340. The Bertz CT molecular complexity index is 760. The van der Waals surface area contributed by atoms with Crippen molar-refractivity contribution in [1.29, 1.82) is 0 Å². The molecule has 0 atom stereocenters. The first-order valence-corrected chi connectivity index (χ1v) is 8.94. The molecule has 1 aromatic heterocycles. The van der Waals surface area contributed by atoms with Gasteiger partial charge in [-0.1, -0.05) is 83.8 Å². The summed E-state index contributed by atoms with van der Waals surface area (Å²) in [6, 6.07) is 19.8. The number of aromatic nitrogens is 2. The summed E-state index contributed by atoms with van der Waals surface area (Å²) < 4.78 is 0.851. The van der Waals surface area contributed by atoms with E-state index in [9.17, 15) is 4.79 Å². The minimum absolute atomic E-state index is 0.0769. The highest BCUT2D eigenvalue weighted by Gasteiger charge is 2.09. The first kappa shape index (κ1) is 15.7. The molecule has 3 rings (SSSR count). The summed E-state index contributed by atoms with van der Waals surface area (Å²) in [5.41, 5.74) is 2.22. The van der Waals surface area contributed by atoms with Gasteiger partial charge in [0.25, 0.3) is 0 Å². The lowest BCUT2D eigenvalue weighted by atomic mass is 10.1. The van der Waals surface area contributed by atoms with Crippen molar-refractivity contribution in [2.75, 3.05) is 5.32 Å². The second kappa shape index (κ2) is 7.89. The number of anilines is 1. The lowest BCUT2D eigenvalue weighted by molar-refractivity contribution is -0.115. The fourth-order valence-corrected chi connectivity index (χ4v) is 3.71. The maximum atomic E-state index is 12.0. The van der Waals surface area contributed by atoms with Gasteiger partial charge in [0.05, 0.1) is 6.42 Å². The predicted molar refractivity (Wildman–Crippen MR) is 94.7 cm³/mol. The van der Waals surface area contributed by atoms with Crippen LogP contribution in [0.4, 0.5) is 5.13 Å². The molecule has 0 aliphatic rings. The first-order valence-electron chi connectivity index (χ1n) is 7.13. The zero-order chi connectivity index (χ0) is 15.9. The maximum absolute atomic E-state index is 12.0. The van der Waals surface area contributed by atoms with Crippen LogP contribution in [0.25, 0.3) is 0 Å². The monoisotopic (exact) mass is 341 g/mol. The number of hydrogen-bond acceptors (Lipinski definition) is 5. The van der Waals surface area contributed by atoms with Gasteiger partial charge in [-0.3, -0.25) is 4.79 Å². The van der Waals surface area contributed by atoms with Crippen molar-refractivity contribution in [3.05, 3.63) is 71.8 Å². The van der Waals surface area contributed by atoms with E-state index in [2.05, 4.69) is 27.6 Å². The molecular formula is C17H15N3OS2. The van der Waals surface area contributed by atoms with Crippen LogP contribution in [0.2, 0.25) is 0 Å². The van der Waals surface area contributed by atoms with E-state index in [1.54, 1.807) is 11.8 Å². The molecule has 0 fully saturated rings. The average molecular weight is 341 g/mol. The Kier molecular flexibility index (Phi) is 5.39. The van der Waals surface area contributed by atoms with E-state index in [0.29, 0.717) is 11.6 Å². The van der Waals surface area contributed by atoms with Crippen molar-refractivity contribution in [1.82, 2.24) is 10.2 Å². The largest absolute Gasteiger partial charge is 0.300 e. The molecular weight excluding hydrogens is 326 g/mol. The fraction of sp³-hybridized carbons (Fsp3) is 0.118. The van der Waals surface area contributed by atoms with E-state index in [0.717, 1.165) is 15.7 Å². The van der Waals surface area contributed by atoms with Crippen LogP contribution in [0, 0.1) is 0 Å². The molecule has 0 aliphatic heterocycles. The minimum atomic E-state index is -0.0769. The number of carbonyl (C=O) groups is 1. The smallest absolute Gasteiger partial charge is 0.230 e. The Morgan fingerprint density at radius 3 is 2.30 bits per heavy atom. The summed E-state index contributed by atoms with van der Waals surface area (Å²) >= 11 is 3.02. The summed E-state index contributed by atoms with van der Waals surface area (Å²) in [4.78, 5) is 12.0. The van der Waals surface area contributed by atoms with E-state index < -0.39 is 0 Å². The van der Waals surface area contributed by atoms with Gasteiger partial charge in [-0.05, 0) is 11.1 Å². The third-order valence-corrected chi connectivity index (χ3v) is 5.11. The molecule has 0 saturated carbocycles. The quantitative estimate of drug-likeness (QED) is 0.544. The van der Waals surface area contributed by atoms with Crippen LogP contribution in [0.5, 0.6) is 0 Å². The third kappa shape index (κ3) is 4.91. The summed E-state index contributed by atoms with van der Waals surface area (Å²) in [5.74, 6) is 0.764. The van der Waals surface area contributed by atoms with Crippen molar-refractivity contribution in [3.63, 3.8) is 0 Å². The Hall–Kier alpha value is -2.18. The van der Waals surface area contributed by atoms with Crippen molar-refractivity contribution in [2.45, 2.75) is 16.5 Å². The molecule has 0 saturated heterocycles. The number of rotatable bonds is 6. The van der Waals surface area contributed by atoms with Crippen LogP contribution in [0.15, 0.2) is 65.0 Å². The van der Waals surface area contributed by atoms with Crippen LogP contribution in [-0.2, 0) is 17.0 Å². The van der Waals surface area contributed by atoms with E-state index >= 15 is 0 Å². The number of nitrogens with zero attached hydrogens (tertiary/aromatic N) is 2. The second-order valence-electron chi connectivity index (χ2n) is 4.86. The third-order valence-electron chi connectivity index (χ3n) is 3.07. The lowest BCUT2D eigenvalue weighted by Crippen LogP contribution is -2.14. The van der Waals surface area contributed by atoms with Gasteiger partial charge in [-0.25, -0.2) is 0 Å². The molecule has 1 amide bonds. The van der Waals surface area contributed by atoms with Crippen molar-refractivity contribution in [2.24, 2.45) is 0 Å². The van der Waals surface area contributed by atoms with E-state index in [1.165, 1.54) is 16.9 Å². The molecule has 0 bridgehead atoms. The Morgan fingerprint density at radius 1 is 0.957 bits per heavy atom. The Balaban J connectivity index is 1.52. The van der Waals surface area contributed by atoms with Gasteiger partial charge < -0.3 is 5.32 Å². The standard InChI is InChI=1S/C17H15N3OS2/c21-15(11-13-7-3-1-4-8-13)18-16-19-20-17(23-16)22-12-14-9-5-2-6-10-14/h1-10H,11-12H2,(H,18,19,21). The predicted octanol–water partition coefficient (Wildman–Crippen LogP) is 4.01. The summed E-state index contributed by atoms with van der Waals surface area (Å²) in [6.45, 7) is 0. The van der Waals surface area contributed by atoms with E-state index in [-0.39, 0.29) is 5.91 Å². The maximum Gasteiger partial charge on any atom is 0.230 e. The molecule has 0 aliphatic carbocycles. The highest BCUT2D eigenvalue weighted by molar-refractivity contribution is 8.00. The second-order valence-corrected chi connectivity index (χ2v) is 7.06. The molecule has 0 unspecified atom stereocenters. The molecule has 4 nitrogen and oxygen atoms in total. The SMILES string of the molecule is O=C(Cc1ccccc1)Nc1nnc(SCc2ccccc2)s1. The molecule has 23 heavy (non-hydrogen) atoms. The van der Waals surface area contributed by atoms with Gasteiger partial charge in [0.2, 0.25) is 11.0 Å². The number of thioether (sulfide) groups is 1. The summed E-state index contributed by atoms with van der Waals surface area (Å²) in [7, 11) is 0. The molecule has 116 valence electrons. The number of amides is 1. The highest BCUT2D eigenvalue weighted by atomic mass is 32.2. The first-order chi connectivity index (χ1) is 11.3. The van der Waals surface area contributed by atoms with Gasteiger partial charge in [0.1, 0.15) is 0 Å². The van der Waals surface area contributed by atoms with Crippen molar-refractivity contribution >= 4 is 34.1 Å². The molecule has 0 radical (unpaired) electrons. The lowest BCUT2D eigenvalue weighted by Gasteiger charge is -2.00.